The van der Waals surface area contributed by atoms with Crippen LogP contribution < -0.4 is 15.0 Å². The maximum Gasteiger partial charge on any atom is 0.251 e. The molecule has 0 amide bonds. The summed E-state index contributed by atoms with van der Waals surface area (Å²) >= 11 is 0. The molecule has 0 bridgehead atoms. The van der Waals surface area contributed by atoms with Crippen LogP contribution in [0.1, 0.15) is 5.56 Å². The highest BCUT2D eigenvalue weighted by molar-refractivity contribution is 6.22. The van der Waals surface area contributed by atoms with Crippen molar-refractivity contribution in [1.82, 2.24) is 9.55 Å². The van der Waals surface area contributed by atoms with Gasteiger partial charge >= 0.3 is 0 Å². The van der Waals surface area contributed by atoms with Gasteiger partial charge in [-0.1, -0.05) is 0 Å². The first-order valence-electron chi connectivity index (χ1n) is 7.72. The van der Waals surface area contributed by atoms with Crippen LogP contribution in [0.2, 0.25) is 0 Å². The lowest BCUT2D eigenvalue weighted by molar-refractivity contribution is 0.415. The molecule has 0 radical (unpaired) electrons. The van der Waals surface area contributed by atoms with E-state index >= 15 is 0 Å². The zero-order valence-electron chi connectivity index (χ0n) is 14.1. The Balaban J connectivity index is 2.32. The normalized spacial score (nSPS) is 11.5. The lowest BCUT2D eigenvalue weighted by Crippen LogP contribution is -2.17. The highest BCUT2D eigenvalue weighted by Gasteiger charge is 2.17. The molecule has 0 aliphatic carbocycles. The first-order valence-corrected chi connectivity index (χ1v) is 7.72. The predicted octanol–water partition coefficient (Wildman–Crippen LogP) is 3.50. The lowest BCUT2D eigenvalue weighted by atomic mass is 10.0. The van der Waals surface area contributed by atoms with E-state index in [0.717, 1.165) is 44.0 Å². The third kappa shape index (κ3) is 1.84. The number of nitrogens with zero attached hydrogens (tertiary/aromatic N) is 1. The summed E-state index contributed by atoms with van der Waals surface area (Å²) in [6, 6.07) is 9.59. The Hall–Kier alpha value is -2.95. The van der Waals surface area contributed by atoms with Gasteiger partial charge in [-0.15, -0.1) is 0 Å². The van der Waals surface area contributed by atoms with Gasteiger partial charge in [-0.05, 0) is 24.6 Å². The highest BCUT2D eigenvalue weighted by Crippen LogP contribution is 2.38. The van der Waals surface area contributed by atoms with Crippen molar-refractivity contribution in [3.05, 3.63) is 46.2 Å². The number of nitrogens with one attached hydrogen (secondary N) is 1. The Kier molecular flexibility index (Phi) is 3.06. The minimum absolute atomic E-state index is 0.0424. The van der Waals surface area contributed by atoms with E-state index in [1.54, 1.807) is 31.9 Å². The van der Waals surface area contributed by atoms with E-state index in [4.69, 9.17) is 9.47 Å². The van der Waals surface area contributed by atoms with Gasteiger partial charge in [0.1, 0.15) is 11.5 Å². The molecule has 0 unspecified atom stereocenters. The van der Waals surface area contributed by atoms with E-state index in [-0.39, 0.29) is 5.56 Å². The number of hydrogen-bond acceptors (Lipinski definition) is 3. The molecule has 2 aromatic carbocycles. The smallest absolute Gasteiger partial charge is 0.251 e. The molecule has 0 aliphatic rings. The monoisotopic (exact) mass is 322 g/mol. The van der Waals surface area contributed by atoms with Crippen LogP contribution in [-0.4, -0.2) is 23.8 Å². The third-order valence-corrected chi connectivity index (χ3v) is 4.65. The van der Waals surface area contributed by atoms with Gasteiger partial charge in [-0.2, -0.15) is 0 Å². The second-order valence-corrected chi connectivity index (χ2v) is 5.99. The standard InChI is InChI=1S/C19H18N2O3/c1-10-7-16(22)21(2)19-15(24-4)9-14-18(17(10)19)12-6-5-11(23-3)8-13(12)20-14/h5-9,20H,1-4H3. The van der Waals surface area contributed by atoms with Crippen molar-refractivity contribution < 1.29 is 9.47 Å². The number of aryl methyl sites for hydroxylation is 2. The molecular formula is C19H18N2O3. The second-order valence-electron chi connectivity index (χ2n) is 5.99. The van der Waals surface area contributed by atoms with E-state index in [9.17, 15) is 4.79 Å². The molecule has 1 N–H and O–H groups in total. The highest BCUT2D eigenvalue weighted by atomic mass is 16.5. The summed E-state index contributed by atoms with van der Waals surface area (Å²) in [5, 5.41) is 3.22. The molecule has 4 rings (SSSR count). The molecule has 5 nitrogen and oxygen atoms in total. The van der Waals surface area contributed by atoms with Crippen molar-refractivity contribution in [3.8, 4) is 11.5 Å². The van der Waals surface area contributed by atoms with Crippen molar-refractivity contribution in [2.75, 3.05) is 14.2 Å². The lowest BCUT2D eigenvalue weighted by Gasteiger charge is -2.13. The van der Waals surface area contributed by atoms with E-state index in [0.29, 0.717) is 5.75 Å². The molecule has 5 heteroatoms. The van der Waals surface area contributed by atoms with Crippen molar-refractivity contribution in [1.29, 1.82) is 0 Å². The van der Waals surface area contributed by atoms with E-state index < -0.39 is 0 Å². The summed E-state index contributed by atoms with van der Waals surface area (Å²) in [5.74, 6) is 1.48. The summed E-state index contributed by atoms with van der Waals surface area (Å²) in [6.45, 7) is 1.96. The largest absolute Gasteiger partial charge is 0.497 e. The van der Waals surface area contributed by atoms with Crippen LogP contribution in [0.25, 0.3) is 32.7 Å². The quantitative estimate of drug-likeness (QED) is 0.614. The number of rotatable bonds is 2. The molecule has 0 aliphatic heterocycles. The zero-order valence-corrected chi connectivity index (χ0v) is 14.1. The third-order valence-electron chi connectivity index (χ3n) is 4.65. The van der Waals surface area contributed by atoms with Crippen LogP contribution in [0.5, 0.6) is 11.5 Å². The van der Waals surface area contributed by atoms with Crippen LogP contribution in [0, 0.1) is 6.92 Å². The maximum absolute atomic E-state index is 12.2. The topological polar surface area (TPSA) is 56.2 Å². The van der Waals surface area contributed by atoms with E-state index in [1.807, 2.05) is 31.2 Å². The van der Waals surface area contributed by atoms with Gasteiger partial charge in [0.05, 0.1) is 30.8 Å². The molecule has 0 saturated carbocycles. The zero-order chi connectivity index (χ0) is 17.0. The van der Waals surface area contributed by atoms with Crippen molar-refractivity contribution in [2.45, 2.75) is 6.92 Å². The van der Waals surface area contributed by atoms with Gasteiger partial charge in [0.25, 0.3) is 5.56 Å². The molecule has 24 heavy (non-hydrogen) atoms. The van der Waals surface area contributed by atoms with Crippen LogP contribution in [-0.2, 0) is 7.05 Å². The molecule has 4 aromatic rings. The summed E-state index contributed by atoms with van der Waals surface area (Å²) in [5.41, 5.74) is 3.68. The predicted molar refractivity (Wildman–Crippen MR) is 96.4 cm³/mol. The summed E-state index contributed by atoms with van der Waals surface area (Å²) in [6.07, 6.45) is 0. The Bertz CT molecular complexity index is 1170. The number of fused-ring (bicyclic) bond motifs is 5. The van der Waals surface area contributed by atoms with Crippen molar-refractivity contribution >= 4 is 32.7 Å². The summed E-state index contributed by atoms with van der Waals surface area (Å²) in [7, 11) is 5.05. The minimum atomic E-state index is -0.0424. The molecular weight excluding hydrogens is 304 g/mol. The number of ether oxygens (including phenoxy) is 2. The van der Waals surface area contributed by atoms with Gasteiger partial charge < -0.3 is 19.0 Å². The van der Waals surface area contributed by atoms with Crippen molar-refractivity contribution in [2.24, 2.45) is 7.05 Å². The van der Waals surface area contributed by atoms with E-state index in [2.05, 4.69) is 4.98 Å². The Morgan fingerprint density at radius 1 is 1.00 bits per heavy atom. The molecule has 0 spiro atoms. The molecule has 2 heterocycles. The number of aromatic nitrogens is 2. The molecule has 2 aromatic heterocycles. The number of hydrogen-bond donors (Lipinski definition) is 1. The van der Waals surface area contributed by atoms with Gasteiger partial charge in [0, 0.05) is 41.4 Å². The number of pyridine rings is 1. The fourth-order valence-electron chi connectivity index (χ4n) is 3.48. The van der Waals surface area contributed by atoms with Crippen LogP contribution in [0.3, 0.4) is 0 Å². The Labute approximate surface area is 138 Å². The second kappa shape index (κ2) is 5.03. The minimum Gasteiger partial charge on any atom is -0.497 e. The maximum atomic E-state index is 12.2. The number of H-pyrrole nitrogens is 1. The summed E-state index contributed by atoms with van der Waals surface area (Å²) in [4.78, 5) is 15.7. The molecule has 122 valence electrons. The molecule has 0 fully saturated rings. The van der Waals surface area contributed by atoms with Gasteiger partial charge in [-0.25, -0.2) is 0 Å². The van der Waals surface area contributed by atoms with Crippen LogP contribution >= 0.6 is 0 Å². The van der Waals surface area contributed by atoms with Gasteiger partial charge in [0.15, 0.2) is 0 Å². The number of benzene rings is 2. The number of methoxy groups -OCH3 is 2. The first kappa shape index (κ1) is 14.6. The van der Waals surface area contributed by atoms with Crippen molar-refractivity contribution in [3.63, 3.8) is 0 Å². The summed E-state index contributed by atoms with van der Waals surface area (Å²) < 4.78 is 12.5. The van der Waals surface area contributed by atoms with E-state index in [1.165, 1.54) is 0 Å². The van der Waals surface area contributed by atoms with Crippen LogP contribution in [0.4, 0.5) is 0 Å². The first-order chi connectivity index (χ1) is 11.5. The molecule has 0 saturated heterocycles. The molecule has 0 atom stereocenters. The van der Waals surface area contributed by atoms with Gasteiger partial charge in [-0.3, -0.25) is 4.79 Å². The fourth-order valence-corrected chi connectivity index (χ4v) is 3.48. The average Bonchev–Trinajstić information content (AvgIpc) is 2.95. The fraction of sp³-hybridized carbons (Fsp3) is 0.211. The SMILES string of the molecule is COc1ccc2c(c1)[nH]c1cc(OC)c3c(c(C)cc(=O)n3C)c12. The average molecular weight is 322 g/mol. The Morgan fingerprint density at radius 3 is 2.50 bits per heavy atom. The van der Waals surface area contributed by atoms with Gasteiger partial charge in [0.2, 0.25) is 0 Å². The Morgan fingerprint density at radius 2 is 1.79 bits per heavy atom. The van der Waals surface area contributed by atoms with Crippen LogP contribution in [0.15, 0.2) is 35.1 Å². The number of aromatic amines is 1.